The monoisotopic (exact) mass is 196 g/mol. The third-order valence-corrected chi connectivity index (χ3v) is 1.90. The third-order valence-electron chi connectivity index (χ3n) is 1.90. The van der Waals surface area contributed by atoms with Crippen molar-refractivity contribution >= 4 is 5.95 Å². The first kappa shape index (κ1) is 10.6. The van der Waals surface area contributed by atoms with Gasteiger partial charge in [0.25, 0.3) is 0 Å². The van der Waals surface area contributed by atoms with Crippen molar-refractivity contribution in [3.63, 3.8) is 0 Å². The van der Waals surface area contributed by atoms with E-state index in [-0.39, 0.29) is 5.95 Å². The number of nitrogens with zero attached hydrogens (tertiary/aromatic N) is 3. The molecule has 5 heteroatoms. The van der Waals surface area contributed by atoms with Gasteiger partial charge in [0.1, 0.15) is 0 Å². The van der Waals surface area contributed by atoms with Crippen LogP contribution in [0.25, 0.3) is 0 Å². The molecule has 0 aromatic carbocycles. The quantitative estimate of drug-likeness (QED) is 0.552. The Morgan fingerprint density at radius 3 is 2.93 bits per heavy atom. The number of unbranched alkanes of at least 4 members (excludes halogenated alkanes) is 1. The standard InChI is InChI=1S/C9H16N4O/c1-3-4-5-11-8-6-7(2)13(14)9(10)12-8/h6,14H,3-5H2,1-2H3,(H2,10,11,12). The first-order chi connectivity index (χ1) is 6.65. The Balaban J connectivity index is 2.94. The summed E-state index contributed by atoms with van der Waals surface area (Å²) in [5.74, 6) is 0.0697. The predicted molar refractivity (Wildman–Crippen MR) is 53.9 cm³/mol. The number of nitrogen functional groups attached to an aromatic ring is 1. The molecule has 0 spiro atoms. The van der Waals surface area contributed by atoms with Gasteiger partial charge in [0.2, 0.25) is 5.95 Å². The molecule has 1 rings (SSSR count). The lowest BCUT2D eigenvalue weighted by atomic mass is 10.3. The minimum absolute atomic E-state index is 0.0697. The summed E-state index contributed by atoms with van der Waals surface area (Å²) in [7, 11) is 0. The van der Waals surface area contributed by atoms with Crippen LogP contribution in [0.4, 0.5) is 5.95 Å². The van der Waals surface area contributed by atoms with E-state index >= 15 is 0 Å². The number of anilines is 1. The van der Waals surface area contributed by atoms with Crippen LogP contribution in [0.2, 0.25) is 0 Å². The maximum atomic E-state index is 9.29. The first-order valence-electron chi connectivity index (χ1n) is 4.71. The molecule has 0 atom stereocenters. The van der Waals surface area contributed by atoms with Crippen molar-refractivity contribution in [1.82, 2.24) is 9.71 Å². The maximum Gasteiger partial charge on any atom is 0.236 e. The Labute approximate surface area is 82.9 Å². The molecule has 0 radical (unpaired) electrons. The average Bonchev–Trinajstić information content (AvgIpc) is 2.14. The normalized spacial score (nSPS) is 12.0. The molecule has 0 unspecified atom stereocenters. The highest BCUT2D eigenvalue weighted by Crippen LogP contribution is 1.95. The van der Waals surface area contributed by atoms with Gasteiger partial charge in [-0.15, -0.1) is 0 Å². The molecule has 0 saturated heterocycles. The third kappa shape index (κ3) is 2.48. The molecular formula is C9H16N4O. The van der Waals surface area contributed by atoms with Gasteiger partial charge in [-0.05, 0) is 13.3 Å². The molecule has 0 saturated carbocycles. The molecule has 0 amide bonds. The van der Waals surface area contributed by atoms with E-state index in [4.69, 9.17) is 5.73 Å². The highest BCUT2D eigenvalue weighted by atomic mass is 16.5. The van der Waals surface area contributed by atoms with Gasteiger partial charge >= 0.3 is 0 Å². The van der Waals surface area contributed by atoms with E-state index in [1.54, 1.807) is 13.0 Å². The minimum atomic E-state index is 0.0697. The lowest BCUT2D eigenvalue weighted by Gasteiger charge is -2.04. The van der Waals surface area contributed by atoms with Gasteiger partial charge in [0, 0.05) is 12.6 Å². The summed E-state index contributed by atoms with van der Waals surface area (Å²) in [6.45, 7) is 4.60. The van der Waals surface area contributed by atoms with Gasteiger partial charge < -0.3 is 10.9 Å². The van der Waals surface area contributed by atoms with Crippen LogP contribution in [0.1, 0.15) is 25.5 Å². The van der Waals surface area contributed by atoms with Crippen molar-refractivity contribution in [2.24, 2.45) is 4.99 Å². The van der Waals surface area contributed by atoms with Gasteiger partial charge in [-0.2, -0.15) is 9.71 Å². The number of aromatic nitrogens is 2. The number of aryl methyl sites for hydroxylation is 1. The van der Waals surface area contributed by atoms with Crippen molar-refractivity contribution in [1.29, 1.82) is 0 Å². The summed E-state index contributed by atoms with van der Waals surface area (Å²) in [5.41, 5.74) is 6.68. The van der Waals surface area contributed by atoms with Crippen LogP contribution in [0.5, 0.6) is 0 Å². The lowest BCUT2D eigenvalue weighted by molar-refractivity contribution is 0.180. The summed E-state index contributed by atoms with van der Waals surface area (Å²) in [5, 5.41) is 9.29. The van der Waals surface area contributed by atoms with Gasteiger partial charge in [-0.1, -0.05) is 13.3 Å². The number of hydrogen-bond acceptors (Lipinski definition) is 4. The summed E-state index contributed by atoms with van der Waals surface area (Å²) < 4.78 is 0.846. The maximum absolute atomic E-state index is 9.29. The van der Waals surface area contributed by atoms with Gasteiger partial charge in [-0.3, -0.25) is 4.99 Å². The minimum Gasteiger partial charge on any atom is -0.425 e. The zero-order chi connectivity index (χ0) is 10.6. The van der Waals surface area contributed by atoms with Crippen LogP contribution in [-0.4, -0.2) is 21.5 Å². The fourth-order valence-electron chi connectivity index (χ4n) is 1.06. The van der Waals surface area contributed by atoms with Crippen LogP contribution >= 0.6 is 0 Å². The summed E-state index contributed by atoms with van der Waals surface area (Å²) in [4.78, 5) is 8.17. The number of hydrogen-bond donors (Lipinski definition) is 2. The second-order valence-electron chi connectivity index (χ2n) is 3.16. The Kier molecular flexibility index (Phi) is 3.50. The molecule has 14 heavy (non-hydrogen) atoms. The van der Waals surface area contributed by atoms with E-state index < -0.39 is 0 Å². The van der Waals surface area contributed by atoms with Gasteiger partial charge in [0.05, 0.1) is 5.69 Å². The molecule has 0 aliphatic rings. The van der Waals surface area contributed by atoms with Crippen LogP contribution in [0.3, 0.4) is 0 Å². The SMILES string of the molecule is CCCCN=c1cc(C)n(O)c(N)n1. The molecule has 0 fully saturated rings. The predicted octanol–water partition coefficient (Wildman–Crippen LogP) is 0.712. The first-order valence-corrected chi connectivity index (χ1v) is 4.71. The summed E-state index contributed by atoms with van der Waals surface area (Å²) in [6.07, 6.45) is 2.14. The van der Waals surface area contributed by atoms with E-state index in [1.165, 1.54) is 0 Å². The molecule has 1 aromatic rings. The highest BCUT2D eigenvalue weighted by Gasteiger charge is 1.98. The van der Waals surface area contributed by atoms with Gasteiger partial charge in [0.15, 0.2) is 5.49 Å². The van der Waals surface area contributed by atoms with Crippen LogP contribution in [0.15, 0.2) is 11.1 Å². The second-order valence-corrected chi connectivity index (χ2v) is 3.16. The Hall–Kier alpha value is -1.52. The van der Waals surface area contributed by atoms with Crippen LogP contribution in [-0.2, 0) is 0 Å². The topological polar surface area (TPSA) is 76.4 Å². The molecular weight excluding hydrogens is 180 g/mol. The second kappa shape index (κ2) is 4.64. The van der Waals surface area contributed by atoms with Crippen molar-refractivity contribution in [3.05, 3.63) is 17.2 Å². The van der Waals surface area contributed by atoms with Crippen molar-refractivity contribution in [3.8, 4) is 0 Å². The molecule has 5 nitrogen and oxygen atoms in total. The van der Waals surface area contributed by atoms with E-state index in [0.717, 1.165) is 24.1 Å². The van der Waals surface area contributed by atoms with E-state index in [0.29, 0.717) is 11.2 Å². The molecule has 0 aliphatic heterocycles. The fraction of sp³-hybridized carbons (Fsp3) is 0.556. The summed E-state index contributed by atoms with van der Waals surface area (Å²) in [6, 6.07) is 1.70. The molecule has 0 aliphatic carbocycles. The van der Waals surface area contributed by atoms with Crippen molar-refractivity contribution < 1.29 is 5.21 Å². The largest absolute Gasteiger partial charge is 0.425 e. The molecule has 1 aromatic heterocycles. The molecule has 78 valence electrons. The zero-order valence-corrected chi connectivity index (χ0v) is 8.56. The lowest BCUT2D eigenvalue weighted by Crippen LogP contribution is -2.18. The average molecular weight is 196 g/mol. The zero-order valence-electron chi connectivity index (χ0n) is 8.56. The van der Waals surface area contributed by atoms with E-state index in [1.807, 2.05) is 0 Å². The highest BCUT2D eigenvalue weighted by molar-refractivity contribution is 5.18. The fourth-order valence-corrected chi connectivity index (χ4v) is 1.06. The van der Waals surface area contributed by atoms with E-state index in [9.17, 15) is 5.21 Å². The Morgan fingerprint density at radius 1 is 1.64 bits per heavy atom. The molecule has 0 bridgehead atoms. The van der Waals surface area contributed by atoms with Crippen LogP contribution in [0, 0.1) is 6.92 Å². The smallest absolute Gasteiger partial charge is 0.236 e. The number of rotatable bonds is 3. The molecule has 3 N–H and O–H groups in total. The Bertz CT molecular complexity index is 343. The van der Waals surface area contributed by atoms with E-state index in [2.05, 4.69) is 16.9 Å². The summed E-state index contributed by atoms with van der Waals surface area (Å²) >= 11 is 0. The number of nitrogens with two attached hydrogens (primary N) is 1. The Morgan fingerprint density at radius 2 is 2.36 bits per heavy atom. The molecule has 1 heterocycles. The van der Waals surface area contributed by atoms with Gasteiger partial charge in [-0.25, -0.2) is 0 Å². The van der Waals surface area contributed by atoms with Crippen molar-refractivity contribution in [2.45, 2.75) is 26.7 Å². The van der Waals surface area contributed by atoms with Crippen molar-refractivity contribution in [2.75, 3.05) is 12.3 Å². The van der Waals surface area contributed by atoms with Crippen LogP contribution < -0.4 is 11.2 Å².